The molecule has 0 aliphatic rings. The fourth-order valence-electron chi connectivity index (χ4n) is 0.785. The molecule has 1 rings (SSSR count). The molecule has 3 nitrogen and oxygen atoms in total. The first-order valence-corrected chi connectivity index (χ1v) is 4.44. The van der Waals surface area contributed by atoms with Crippen LogP contribution in [0.1, 0.15) is 31.1 Å². The van der Waals surface area contributed by atoms with Crippen molar-refractivity contribution in [3.8, 4) is 0 Å². The largest absolute Gasteiger partial charge is 0.373 e. The van der Waals surface area contributed by atoms with Gasteiger partial charge in [0.15, 0.2) is 17.4 Å². The normalized spacial score (nSPS) is 10.3. The van der Waals surface area contributed by atoms with Crippen LogP contribution < -0.4 is 0 Å². The van der Waals surface area contributed by atoms with E-state index in [0.29, 0.717) is 5.56 Å². The lowest BCUT2D eigenvalue weighted by Crippen LogP contribution is -2.21. The number of benzene rings is 1. The maximum atomic E-state index is 11.3. The van der Waals surface area contributed by atoms with Crippen molar-refractivity contribution in [3.63, 3.8) is 0 Å². The topological polar surface area (TPSA) is 35.5 Å². The van der Waals surface area contributed by atoms with Gasteiger partial charge in [-0.1, -0.05) is 18.2 Å². The molecule has 0 saturated carbocycles. The maximum absolute atomic E-state index is 11.3. The smallest absolute Gasteiger partial charge is 0.292 e. The highest BCUT2D eigenvalue weighted by molar-refractivity contribution is 5.88. The van der Waals surface area contributed by atoms with Gasteiger partial charge >= 0.3 is 5.97 Å². The summed E-state index contributed by atoms with van der Waals surface area (Å²) in [4.78, 5) is 20.9. The van der Waals surface area contributed by atoms with Crippen molar-refractivity contribution in [2.24, 2.45) is 0 Å². The number of hydrogen-bond donors (Lipinski definition) is 0. The summed E-state index contributed by atoms with van der Waals surface area (Å²) in [5.41, 5.74) is 0.00140. The van der Waals surface area contributed by atoms with E-state index in [1.165, 1.54) is 0 Å². The SMILES string of the molecule is CC(C)(C)OOC(=O)c1ccccc1.[AlH3]. The second-order valence-corrected chi connectivity index (χ2v) is 3.93. The molecule has 1 aromatic carbocycles. The molecule has 0 amide bonds. The Hall–Kier alpha value is -0.818. The maximum Gasteiger partial charge on any atom is 0.373 e. The zero-order valence-corrected chi connectivity index (χ0v) is 8.61. The molecule has 0 bridgehead atoms. The van der Waals surface area contributed by atoms with Crippen LogP contribution in [0, 0.1) is 0 Å². The fraction of sp³-hybridized carbons (Fsp3) is 0.364. The van der Waals surface area contributed by atoms with Gasteiger partial charge in [0.25, 0.3) is 0 Å². The molecule has 0 heterocycles. The van der Waals surface area contributed by atoms with E-state index in [1.807, 2.05) is 26.8 Å². The molecule has 0 fully saturated rings. The Morgan fingerprint density at radius 3 is 2.13 bits per heavy atom. The predicted molar refractivity (Wildman–Crippen MR) is 62.6 cm³/mol. The van der Waals surface area contributed by atoms with Crippen LogP contribution in [-0.4, -0.2) is 28.9 Å². The van der Waals surface area contributed by atoms with Crippen molar-refractivity contribution in [1.82, 2.24) is 0 Å². The Kier molecular flexibility index (Phi) is 5.60. The zero-order chi connectivity index (χ0) is 10.6. The van der Waals surface area contributed by atoms with Crippen molar-refractivity contribution in [1.29, 1.82) is 0 Å². The monoisotopic (exact) mass is 224 g/mol. The Morgan fingerprint density at radius 2 is 1.67 bits per heavy atom. The van der Waals surface area contributed by atoms with E-state index < -0.39 is 11.6 Å². The van der Waals surface area contributed by atoms with E-state index in [4.69, 9.17) is 4.89 Å². The summed E-state index contributed by atoms with van der Waals surface area (Å²) in [6, 6.07) is 8.73. The van der Waals surface area contributed by atoms with Gasteiger partial charge in [-0.05, 0) is 32.9 Å². The van der Waals surface area contributed by atoms with Gasteiger partial charge in [0.05, 0.1) is 5.56 Å². The Morgan fingerprint density at radius 1 is 1.13 bits per heavy atom. The average molecular weight is 224 g/mol. The van der Waals surface area contributed by atoms with Crippen LogP contribution in [0.5, 0.6) is 0 Å². The van der Waals surface area contributed by atoms with E-state index in [2.05, 4.69) is 4.89 Å². The highest BCUT2D eigenvalue weighted by Gasteiger charge is 2.15. The van der Waals surface area contributed by atoms with Crippen molar-refractivity contribution >= 4 is 23.3 Å². The van der Waals surface area contributed by atoms with Crippen LogP contribution in [-0.2, 0) is 9.78 Å². The van der Waals surface area contributed by atoms with E-state index >= 15 is 0 Å². The molecule has 4 heteroatoms. The number of carbonyl (C=O) groups excluding carboxylic acids is 1. The molecule has 0 unspecified atom stereocenters. The molecule has 0 atom stereocenters. The second kappa shape index (κ2) is 5.92. The van der Waals surface area contributed by atoms with Crippen molar-refractivity contribution in [3.05, 3.63) is 35.9 Å². The Balaban J connectivity index is 0.00000196. The third-order valence-electron chi connectivity index (χ3n) is 1.38. The standard InChI is InChI=1S/C11H14O3.Al.3H/c1-11(2,3)14-13-10(12)9-7-5-4-6-8-9;;;;/h4-8H,1-3H3;;;;. The second-order valence-electron chi connectivity index (χ2n) is 3.93. The molecule has 0 spiro atoms. The molecule has 0 saturated heterocycles. The minimum atomic E-state index is -0.482. The van der Waals surface area contributed by atoms with Crippen LogP contribution in [0.2, 0.25) is 0 Å². The number of rotatable bonds is 2. The third-order valence-corrected chi connectivity index (χ3v) is 1.38. The lowest BCUT2D eigenvalue weighted by atomic mass is 10.2. The molecule has 1 aromatic rings. The summed E-state index contributed by atoms with van der Waals surface area (Å²) in [5, 5.41) is 0. The van der Waals surface area contributed by atoms with Gasteiger partial charge < -0.3 is 0 Å². The molecule has 15 heavy (non-hydrogen) atoms. The molecule has 0 N–H and O–H groups in total. The molecule has 0 aromatic heterocycles. The highest BCUT2D eigenvalue weighted by Crippen LogP contribution is 2.09. The van der Waals surface area contributed by atoms with Crippen molar-refractivity contribution in [2.45, 2.75) is 26.4 Å². The van der Waals surface area contributed by atoms with Crippen molar-refractivity contribution in [2.75, 3.05) is 0 Å². The molecule has 82 valence electrons. The van der Waals surface area contributed by atoms with Crippen LogP contribution >= 0.6 is 0 Å². The minimum absolute atomic E-state index is 0. The predicted octanol–water partition coefficient (Wildman–Crippen LogP) is 1.39. The first kappa shape index (κ1) is 14.2. The fourth-order valence-corrected chi connectivity index (χ4v) is 0.785. The molecular formula is C11H17AlO3. The van der Waals surface area contributed by atoms with Crippen LogP contribution in [0.3, 0.4) is 0 Å². The van der Waals surface area contributed by atoms with Gasteiger partial charge in [0, 0.05) is 0 Å². The summed E-state index contributed by atoms with van der Waals surface area (Å²) in [5.74, 6) is -0.472. The Bertz CT molecular complexity index is 303. The highest BCUT2D eigenvalue weighted by atomic mass is 27.0. The van der Waals surface area contributed by atoms with E-state index in [9.17, 15) is 4.79 Å². The lowest BCUT2D eigenvalue weighted by molar-refractivity contribution is -0.301. The lowest BCUT2D eigenvalue weighted by Gasteiger charge is -2.16. The average Bonchev–Trinajstić information content (AvgIpc) is 2.14. The molecular weight excluding hydrogens is 207 g/mol. The van der Waals surface area contributed by atoms with Gasteiger partial charge in [-0.2, -0.15) is 4.89 Å². The van der Waals surface area contributed by atoms with Crippen LogP contribution in [0.25, 0.3) is 0 Å². The Labute approximate surface area is 100 Å². The van der Waals surface area contributed by atoms with Crippen molar-refractivity contribution < 1.29 is 14.6 Å². The van der Waals surface area contributed by atoms with Gasteiger partial charge in [-0.25, -0.2) is 4.79 Å². The van der Waals surface area contributed by atoms with Gasteiger partial charge in [-0.3, -0.25) is 4.89 Å². The molecule has 0 aliphatic carbocycles. The van der Waals surface area contributed by atoms with Gasteiger partial charge in [0.2, 0.25) is 0 Å². The number of carbonyl (C=O) groups is 1. The first-order chi connectivity index (χ1) is 6.49. The van der Waals surface area contributed by atoms with Gasteiger partial charge in [-0.15, -0.1) is 0 Å². The van der Waals surface area contributed by atoms with Gasteiger partial charge in [0.1, 0.15) is 5.60 Å². The van der Waals surface area contributed by atoms with E-state index in [-0.39, 0.29) is 17.4 Å². The quantitative estimate of drug-likeness (QED) is 0.432. The van der Waals surface area contributed by atoms with E-state index in [0.717, 1.165) is 0 Å². The summed E-state index contributed by atoms with van der Waals surface area (Å²) in [6.45, 7) is 5.43. The zero-order valence-electron chi connectivity index (χ0n) is 8.61. The molecule has 0 aliphatic heterocycles. The van der Waals surface area contributed by atoms with Crippen LogP contribution in [0.4, 0.5) is 0 Å². The first-order valence-electron chi connectivity index (χ1n) is 4.44. The molecule has 0 radical (unpaired) electrons. The summed E-state index contributed by atoms with van der Waals surface area (Å²) in [7, 11) is 0. The van der Waals surface area contributed by atoms with Crippen LogP contribution in [0.15, 0.2) is 30.3 Å². The summed E-state index contributed by atoms with van der Waals surface area (Å²) < 4.78 is 0. The number of hydrogen-bond acceptors (Lipinski definition) is 3. The minimum Gasteiger partial charge on any atom is -0.292 e. The van der Waals surface area contributed by atoms with E-state index in [1.54, 1.807) is 24.3 Å². The third kappa shape index (κ3) is 5.58. The summed E-state index contributed by atoms with van der Waals surface area (Å²) >= 11 is 0. The summed E-state index contributed by atoms with van der Waals surface area (Å²) in [6.07, 6.45) is 0.